The number of carbonyl (C=O) groups is 1. The fraction of sp³-hybridized carbons (Fsp3) is 0.538. The van der Waals surface area contributed by atoms with Crippen molar-refractivity contribution in [3.63, 3.8) is 0 Å². The van der Waals surface area contributed by atoms with Crippen LogP contribution in [0.2, 0.25) is 0 Å². The zero-order valence-corrected chi connectivity index (χ0v) is 12.3. The van der Waals surface area contributed by atoms with E-state index in [-0.39, 0.29) is 11.5 Å². The molecule has 0 saturated heterocycles. The molecule has 6 heteroatoms. The minimum absolute atomic E-state index is 0.248. The predicted octanol–water partition coefficient (Wildman–Crippen LogP) is 2.38. The third-order valence-corrected chi connectivity index (χ3v) is 3.41. The molecule has 1 aromatic heterocycles. The van der Waals surface area contributed by atoms with Crippen LogP contribution >= 0.6 is 11.8 Å². The molecular formula is C13H20FN3OS. The summed E-state index contributed by atoms with van der Waals surface area (Å²) in [6.45, 7) is 5.16. The van der Waals surface area contributed by atoms with Crippen molar-refractivity contribution in [2.75, 3.05) is 30.4 Å². The summed E-state index contributed by atoms with van der Waals surface area (Å²) < 4.78 is 13.2. The highest BCUT2D eigenvalue weighted by Crippen LogP contribution is 2.13. The van der Waals surface area contributed by atoms with E-state index in [9.17, 15) is 9.18 Å². The molecule has 1 rings (SSSR count). The highest BCUT2D eigenvalue weighted by Gasteiger charge is 2.14. The Bertz CT molecular complexity index is 428. The number of aromatic nitrogens is 1. The minimum atomic E-state index is -0.510. The molecule has 0 aromatic carbocycles. The fourth-order valence-corrected chi connectivity index (χ4v) is 2.31. The summed E-state index contributed by atoms with van der Waals surface area (Å²) in [7, 11) is 0. The second-order valence-electron chi connectivity index (χ2n) is 4.35. The van der Waals surface area contributed by atoms with Crippen molar-refractivity contribution < 1.29 is 9.18 Å². The van der Waals surface area contributed by atoms with Gasteiger partial charge in [-0.1, -0.05) is 6.92 Å². The van der Waals surface area contributed by atoms with Gasteiger partial charge >= 0.3 is 0 Å². The van der Waals surface area contributed by atoms with Gasteiger partial charge in [-0.2, -0.15) is 11.8 Å². The lowest BCUT2D eigenvalue weighted by Gasteiger charge is -2.13. The smallest absolute Gasteiger partial charge is 0.255 e. The lowest BCUT2D eigenvalue weighted by molar-refractivity contribution is 0.0949. The number of thioether (sulfide) groups is 1. The first-order chi connectivity index (χ1) is 9.08. The molecule has 4 nitrogen and oxygen atoms in total. The Morgan fingerprint density at radius 2 is 2.32 bits per heavy atom. The van der Waals surface area contributed by atoms with Gasteiger partial charge in [-0.3, -0.25) is 4.79 Å². The van der Waals surface area contributed by atoms with Crippen LogP contribution in [0.15, 0.2) is 12.3 Å². The van der Waals surface area contributed by atoms with Crippen molar-refractivity contribution in [2.45, 2.75) is 13.8 Å². The van der Waals surface area contributed by atoms with Gasteiger partial charge in [-0.05, 0) is 30.9 Å². The molecule has 2 N–H and O–H groups in total. The van der Waals surface area contributed by atoms with Crippen molar-refractivity contribution in [1.29, 1.82) is 0 Å². The summed E-state index contributed by atoms with van der Waals surface area (Å²) in [6.07, 6.45) is 3.13. The van der Waals surface area contributed by atoms with Crippen LogP contribution in [0.1, 0.15) is 24.2 Å². The van der Waals surface area contributed by atoms with E-state index in [4.69, 9.17) is 0 Å². The van der Waals surface area contributed by atoms with E-state index in [0.29, 0.717) is 24.8 Å². The van der Waals surface area contributed by atoms with Gasteiger partial charge in [0, 0.05) is 13.1 Å². The molecule has 0 aliphatic heterocycles. The molecule has 0 bridgehead atoms. The Balaban J connectivity index is 2.72. The second kappa shape index (κ2) is 7.99. The van der Waals surface area contributed by atoms with E-state index in [1.165, 1.54) is 6.07 Å². The van der Waals surface area contributed by atoms with Crippen LogP contribution in [0.4, 0.5) is 10.2 Å². The maximum absolute atomic E-state index is 13.2. The van der Waals surface area contributed by atoms with Gasteiger partial charge in [0.2, 0.25) is 0 Å². The van der Waals surface area contributed by atoms with Gasteiger partial charge in [-0.25, -0.2) is 9.37 Å². The van der Waals surface area contributed by atoms with E-state index in [1.807, 2.05) is 13.2 Å². The van der Waals surface area contributed by atoms with Gasteiger partial charge in [-0.15, -0.1) is 0 Å². The second-order valence-corrected chi connectivity index (χ2v) is 5.26. The zero-order valence-electron chi connectivity index (χ0n) is 11.5. The standard InChI is InChI=1S/C13H20FN3OS/c1-4-15-12-11(5-10(14)7-16-12)13(18)17-6-9(2)8-19-3/h5,7,9H,4,6,8H2,1-3H3,(H,15,16)(H,17,18). The van der Waals surface area contributed by atoms with Gasteiger partial charge in [0.05, 0.1) is 11.8 Å². The first-order valence-electron chi connectivity index (χ1n) is 6.25. The molecule has 106 valence electrons. The molecule has 0 radical (unpaired) electrons. The van der Waals surface area contributed by atoms with E-state index >= 15 is 0 Å². The summed E-state index contributed by atoms with van der Waals surface area (Å²) in [6, 6.07) is 1.21. The van der Waals surface area contributed by atoms with Crippen LogP contribution in [-0.2, 0) is 0 Å². The average molecular weight is 285 g/mol. The van der Waals surface area contributed by atoms with Gasteiger partial charge < -0.3 is 10.6 Å². The van der Waals surface area contributed by atoms with Crippen LogP contribution in [0.25, 0.3) is 0 Å². The van der Waals surface area contributed by atoms with E-state index in [0.717, 1.165) is 11.9 Å². The molecule has 0 aliphatic rings. The van der Waals surface area contributed by atoms with Gasteiger partial charge in [0.15, 0.2) is 0 Å². The van der Waals surface area contributed by atoms with Gasteiger partial charge in [0.1, 0.15) is 11.6 Å². The minimum Gasteiger partial charge on any atom is -0.370 e. The van der Waals surface area contributed by atoms with Crippen molar-refractivity contribution >= 4 is 23.5 Å². The maximum Gasteiger partial charge on any atom is 0.255 e. The first kappa shape index (κ1) is 15.8. The molecule has 0 saturated carbocycles. The highest BCUT2D eigenvalue weighted by atomic mass is 32.2. The first-order valence-corrected chi connectivity index (χ1v) is 7.64. The van der Waals surface area contributed by atoms with Crippen molar-refractivity contribution in [3.8, 4) is 0 Å². The number of hydrogen-bond acceptors (Lipinski definition) is 4. The summed E-state index contributed by atoms with van der Waals surface area (Å²) in [5, 5.41) is 5.76. The number of carbonyl (C=O) groups excluding carboxylic acids is 1. The monoisotopic (exact) mass is 285 g/mol. The quantitative estimate of drug-likeness (QED) is 0.807. The van der Waals surface area contributed by atoms with E-state index in [1.54, 1.807) is 11.8 Å². The number of rotatable bonds is 7. The number of nitrogens with one attached hydrogen (secondary N) is 2. The van der Waals surface area contributed by atoms with Crippen molar-refractivity contribution in [2.24, 2.45) is 5.92 Å². The largest absolute Gasteiger partial charge is 0.370 e. The molecule has 1 amide bonds. The number of pyridine rings is 1. The maximum atomic E-state index is 13.2. The van der Waals surface area contributed by atoms with Gasteiger partial charge in [0.25, 0.3) is 5.91 Å². The average Bonchev–Trinajstić information content (AvgIpc) is 2.38. The topological polar surface area (TPSA) is 54.0 Å². The number of halogens is 1. The van der Waals surface area contributed by atoms with E-state index < -0.39 is 5.82 Å². The predicted molar refractivity (Wildman–Crippen MR) is 78.2 cm³/mol. The van der Waals surface area contributed by atoms with E-state index in [2.05, 4.69) is 22.5 Å². The Hall–Kier alpha value is -1.30. The van der Waals surface area contributed by atoms with Crippen molar-refractivity contribution in [1.82, 2.24) is 10.3 Å². The van der Waals surface area contributed by atoms with Crippen LogP contribution in [0.5, 0.6) is 0 Å². The molecule has 1 atom stereocenters. The molecule has 1 aromatic rings. The Kier molecular flexibility index (Phi) is 6.62. The highest BCUT2D eigenvalue weighted by molar-refractivity contribution is 7.98. The Labute approximate surface area is 117 Å². The third-order valence-electron chi connectivity index (χ3n) is 2.51. The Morgan fingerprint density at radius 1 is 1.58 bits per heavy atom. The SMILES string of the molecule is CCNc1ncc(F)cc1C(=O)NCC(C)CSC. The third kappa shape index (κ3) is 5.06. The molecule has 19 heavy (non-hydrogen) atoms. The molecular weight excluding hydrogens is 265 g/mol. The van der Waals surface area contributed by atoms with Crippen LogP contribution < -0.4 is 10.6 Å². The Morgan fingerprint density at radius 3 is 2.95 bits per heavy atom. The number of amides is 1. The van der Waals surface area contributed by atoms with Crippen LogP contribution in [0, 0.1) is 11.7 Å². The molecule has 1 heterocycles. The number of nitrogens with zero attached hydrogens (tertiary/aromatic N) is 1. The zero-order chi connectivity index (χ0) is 14.3. The van der Waals surface area contributed by atoms with Crippen LogP contribution in [0.3, 0.4) is 0 Å². The summed E-state index contributed by atoms with van der Waals surface area (Å²) >= 11 is 1.73. The lowest BCUT2D eigenvalue weighted by Crippen LogP contribution is -2.30. The summed E-state index contributed by atoms with van der Waals surface area (Å²) in [5.74, 6) is 0.962. The molecule has 0 fully saturated rings. The number of anilines is 1. The fourth-order valence-electron chi connectivity index (χ4n) is 1.63. The lowest BCUT2D eigenvalue weighted by atomic mass is 10.2. The normalized spacial score (nSPS) is 12.0. The molecule has 0 spiro atoms. The number of hydrogen-bond donors (Lipinski definition) is 2. The summed E-state index contributed by atoms with van der Waals surface area (Å²) in [4.78, 5) is 15.9. The summed E-state index contributed by atoms with van der Waals surface area (Å²) in [5.41, 5.74) is 0.248. The molecule has 1 unspecified atom stereocenters. The van der Waals surface area contributed by atoms with Crippen LogP contribution in [-0.4, -0.2) is 36.0 Å². The van der Waals surface area contributed by atoms with Crippen molar-refractivity contribution in [3.05, 3.63) is 23.6 Å². The molecule has 0 aliphatic carbocycles.